The van der Waals surface area contributed by atoms with Crippen LogP contribution in [0.4, 0.5) is 0 Å². The summed E-state index contributed by atoms with van der Waals surface area (Å²) >= 11 is 0. The molecule has 2 amide bonds. The number of piperidine rings is 1. The van der Waals surface area contributed by atoms with Crippen molar-refractivity contribution in [2.75, 3.05) is 26.2 Å². The molecule has 3 N–H and O–H groups in total. The summed E-state index contributed by atoms with van der Waals surface area (Å²) in [5.74, 6) is 0.936. The van der Waals surface area contributed by atoms with Crippen molar-refractivity contribution in [3.8, 4) is 0 Å². The monoisotopic (exact) mass is 283 g/mol. The van der Waals surface area contributed by atoms with E-state index in [9.17, 15) is 9.59 Å². The lowest BCUT2D eigenvalue weighted by molar-refractivity contribution is -0.136. The zero-order valence-electron chi connectivity index (χ0n) is 13.0. The van der Waals surface area contributed by atoms with Gasteiger partial charge in [0, 0.05) is 13.0 Å². The van der Waals surface area contributed by atoms with Gasteiger partial charge in [0.2, 0.25) is 11.8 Å². The van der Waals surface area contributed by atoms with E-state index in [4.69, 9.17) is 5.73 Å². The SMILES string of the molecule is CC(C)CN(CC(N)=O)C(=O)CC(C)C1CCNCC1. The summed E-state index contributed by atoms with van der Waals surface area (Å²) in [5, 5.41) is 3.34. The van der Waals surface area contributed by atoms with E-state index in [0.717, 1.165) is 25.9 Å². The van der Waals surface area contributed by atoms with E-state index in [1.165, 1.54) is 0 Å². The van der Waals surface area contributed by atoms with Crippen LogP contribution in [0, 0.1) is 17.8 Å². The molecule has 0 aromatic heterocycles. The molecule has 0 aromatic rings. The molecule has 0 bridgehead atoms. The summed E-state index contributed by atoms with van der Waals surface area (Å²) in [5.41, 5.74) is 5.24. The third-order valence-electron chi connectivity index (χ3n) is 3.97. The molecule has 0 aliphatic carbocycles. The lowest BCUT2D eigenvalue weighted by atomic mass is 9.84. The predicted octanol–water partition coefficient (Wildman–Crippen LogP) is 0.982. The quantitative estimate of drug-likeness (QED) is 0.731. The number of hydrogen-bond donors (Lipinski definition) is 2. The zero-order valence-corrected chi connectivity index (χ0v) is 13.0. The Hall–Kier alpha value is -1.10. The van der Waals surface area contributed by atoms with Crippen LogP contribution in [-0.2, 0) is 9.59 Å². The molecule has 1 rings (SSSR count). The Morgan fingerprint density at radius 2 is 1.85 bits per heavy atom. The molecule has 1 fully saturated rings. The Bertz CT molecular complexity index is 325. The van der Waals surface area contributed by atoms with Crippen LogP contribution in [-0.4, -0.2) is 42.9 Å². The van der Waals surface area contributed by atoms with Crippen molar-refractivity contribution in [2.24, 2.45) is 23.5 Å². The molecule has 0 saturated carbocycles. The van der Waals surface area contributed by atoms with Gasteiger partial charge in [-0.3, -0.25) is 9.59 Å². The van der Waals surface area contributed by atoms with E-state index < -0.39 is 5.91 Å². The minimum absolute atomic E-state index is 0.0377. The summed E-state index contributed by atoms with van der Waals surface area (Å²) in [7, 11) is 0. The Balaban J connectivity index is 2.52. The topological polar surface area (TPSA) is 75.4 Å². The first-order chi connectivity index (χ1) is 9.40. The molecular formula is C15H29N3O2. The Kier molecular flexibility index (Phi) is 6.99. The van der Waals surface area contributed by atoms with Gasteiger partial charge in [-0.1, -0.05) is 20.8 Å². The smallest absolute Gasteiger partial charge is 0.237 e. The number of carbonyl (C=O) groups is 2. The van der Waals surface area contributed by atoms with E-state index in [2.05, 4.69) is 12.2 Å². The zero-order chi connectivity index (χ0) is 15.1. The normalized spacial score (nSPS) is 18.0. The van der Waals surface area contributed by atoms with Crippen molar-refractivity contribution in [3.05, 3.63) is 0 Å². The maximum absolute atomic E-state index is 12.4. The molecule has 20 heavy (non-hydrogen) atoms. The Morgan fingerprint density at radius 3 is 2.35 bits per heavy atom. The molecule has 1 aliphatic heterocycles. The average Bonchev–Trinajstić information content (AvgIpc) is 2.37. The van der Waals surface area contributed by atoms with Crippen LogP contribution in [0.25, 0.3) is 0 Å². The number of nitrogens with two attached hydrogens (primary N) is 1. The van der Waals surface area contributed by atoms with Gasteiger partial charge in [-0.25, -0.2) is 0 Å². The largest absolute Gasteiger partial charge is 0.368 e. The van der Waals surface area contributed by atoms with Gasteiger partial charge in [-0.15, -0.1) is 0 Å². The molecule has 5 heteroatoms. The molecule has 1 unspecified atom stereocenters. The highest BCUT2D eigenvalue weighted by Gasteiger charge is 2.25. The second kappa shape index (κ2) is 8.25. The fourth-order valence-corrected chi connectivity index (χ4v) is 2.87. The van der Waals surface area contributed by atoms with Crippen LogP contribution in [0.3, 0.4) is 0 Å². The van der Waals surface area contributed by atoms with Crippen LogP contribution in [0.5, 0.6) is 0 Å². The van der Waals surface area contributed by atoms with Gasteiger partial charge < -0.3 is 16.0 Å². The van der Waals surface area contributed by atoms with Gasteiger partial charge in [-0.2, -0.15) is 0 Å². The van der Waals surface area contributed by atoms with Crippen molar-refractivity contribution in [1.82, 2.24) is 10.2 Å². The molecule has 0 spiro atoms. The van der Waals surface area contributed by atoms with Crippen LogP contribution < -0.4 is 11.1 Å². The van der Waals surface area contributed by atoms with Crippen molar-refractivity contribution < 1.29 is 9.59 Å². The highest BCUT2D eigenvalue weighted by molar-refractivity contribution is 5.83. The standard InChI is InChI=1S/C15H29N3O2/c1-11(2)9-18(10-14(16)19)15(20)8-12(3)13-4-6-17-7-5-13/h11-13,17H,4-10H2,1-3H3,(H2,16,19). The van der Waals surface area contributed by atoms with E-state index in [-0.39, 0.29) is 12.5 Å². The van der Waals surface area contributed by atoms with E-state index in [0.29, 0.717) is 30.7 Å². The number of rotatable bonds is 7. The van der Waals surface area contributed by atoms with Crippen LogP contribution in [0.1, 0.15) is 40.0 Å². The molecule has 1 atom stereocenters. The summed E-state index contributed by atoms with van der Waals surface area (Å²) < 4.78 is 0. The summed E-state index contributed by atoms with van der Waals surface area (Å²) in [6.45, 7) is 8.94. The van der Waals surface area contributed by atoms with Crippen molar-refractivity contribution >= 4 is 11.8 Å². The molecule has 5 nitrogen and oxygen atoms in total. The summed E-state index contributed by atoms with van der Waals surface area (Å²) in [6.07, 6.45) is 2.79. The van der Waals surface area contributed by atoms with Crippen LogP contribution in [0.15, 0.2) is 0 Å². The number of hydrogen-bond acceptors (Lipinski definition) is 3. The van der Waals surface area contributed by atoms with Gasteiger partial charge >= 0.3 is 0 Å². The van der Waals surface area contributed by atoms with Crippen molar-refractivity contribution in [2.45, 2.75) is 40.0 Å². The van der Waals surface area contributed by atoms with Gasteiger partial charge in [0.05, 0.1) is 6.54 Å². The first kappa shape index (κ1) is 17.0. The van der Waals surface area contributed by atoms with E-state index in [1.54, 1.807) is 4.90 Å². The van der Waals surface area contributed by atoms with Crippen molar-refractivity contribution in [3.63, 3.8) is 0 Å². The first-order valence-corrected chi connectivity index (χ1v) is 7.67. The van der Waals surface area contributed by atoms with Gasteiger partial charge in [-0.05, 0) is 43.7 Å². The number of carbonyl (C=O) groups excluding carboxylic acids is 2. The first-order valence-electron chi connectivity index (χ1n) is 7.67. The molecule has 116 valence electrons. The Morgan fingerprint density at radius 1 is 1.25 bits per heavy atom. The predicted molar refractivity (Wildman–Crippen MR) is 80.0 cm³/mol. The molecule has 1 saturated heterocycles. The number of nitrogens with one attached hydrogen (secondary N) is 1. The number of amides is 2. The third kappa shape index (κ3) is 5.90. The number of primary amides is 1. The molecule has 1 aliphatic rings. The van der Waals surface area contributed by atoms with E-state index >= 15 is 0 Å². The summed E-state index contributed by atoms with van der Waals surface area (Å²) in [6, 6.07) is 0. The Labute approximate surface area is 122 Å². The highest BCUT2D eigenvalue weighted by Crippen LogP contribution is 2.25. The molecule has 0 aromatic carbocycles. The third-order valence-corrected chi connectivity index (χ3v) is 3.97. The fourth-order valence-electron chi connectivity index (χ4n) is 2.87. The lowest BCUT2D eigenvalue weighted by Gasteiger charge is -2.30. The number of nitrogens with zero attached hydrogens (tertiary/aromatic N) is 1. The maximum atomic E-state index is 12.4. The molecule has 0 radical (unpaired) electrons. The van der Waals surface area contributed by atoms with Crippen molar-refractivity contribution in [1.29, 1.82) is 0 Å². The fraction of sp³-hybridized carbons (Fsp3) is 0.867. The van der Waals surface area contributed by atoms with Crippen LogP contribution >= 0.6 is 0 Å². The van der Waals surface area contributed by atoms with Gasteiger partial charge in [0.15, 0.2) is 0 Å². The lowest BCUT2D eigenvalue weighted by Crippen LogP contribution is -2.42. The summed E-state index contributed by atoms with van der Waals surface area (Å²) in [4.78, 5) is 25.1. The molecular weight excluding hydrogens is 254 g/mol. The van der Waals surface area contributed by atoms with Gasteiger partial charge in [0.1, 0.15) is 0 Å². The minimum atomic E-state index is -0.437. The second-order valence-electron chi connectivity index (χ2n) is 6.40. The molecule has 1 heterocycles. The van der Waals surface area contributed by atoms with Crippen LogP contribution in [0.2, 0.25) is 0 Å². The maximum Gasteiger partial charge on any atom is 0.237 e. The average molecular weight is 283 g/mol. The second-order valence-corrected chi connectivity index (χ2v) is 6.40. The highest BCUT2D eigenvalue weighted by atomic mass is 16.2. The van der Waals surface area contributed by atoms with E-state index in [1.807, 2.05) is 13.8 Å². The minimum Gasteiger partial charge on any atom is -0.368 e. The van der Waals surface area contributed by atoms with Gasteiger partial charge in [0.25, 0.3) is 0 Å².